The second kappa shape index (κ2) is 7.78. The Bertz CT molecular complexity index is 873. The Morgan fingerprint density at radius 2 is 2.10 bits per heavy atom. The average molecular weight is 411 g/mol. The minimum Gasteiger partial charge on any atom is -0.322 e. The first-order chi connectivity index (χ1) is 14.5. The number of carbonyl (C=O) groups excluding carboxylic acids is 3. The summed E-state index contributed by atoms with van der Waals surface area (Å²) in [5, 5.41) is 9.64. The van der Waals surface area contributed by atoms with E-state index in [2.05, 4.69) is 22.0 Å². The van der Waals surface area contributed by atoms with Crippen molar-refractivity contribution in [1.82, 2.24) is 20.9 Å². The van der Waals surface area contributed by atoms with Crippen molar-refractivity contribution in [2.45, 2.75) is 57.7 Å². The van der Waals surface area contributed by atoms with E-state index in [0.717, 1.165) is 31.1 Å². The van der Waals surface area contributed by atoms with Crippen LogP contribution in [-0.2, 0) is 22.7 Å². The molecule has 3 N–H and O–H groups in total. The highest BCUT2D eigenvalue weighted by Crippen LogP contribution is 2.41. The first kappa shape index (κ1) is 19.7. The molecule has 7 heteroatoms. The third-order valence-corrected chi connectivity index (χ3v) is 7.39. The zero-order valence-corrected chi connectivity index (χ0v) is 17.3. The molecule has 5 rings (SSSR count). The summed E-state index contributed by atoms with van der Waals surface area (Å²) in [5.41, 5.74) is 3.20. The van der Waals surface area contributed by atoms with Gasteiger partial charge in [-0.25, -0.2) is 0 Å². The number of hydrogen-bond donors (Lipinski definition) is 3. The fourth-order valence-electron chi connectivity index (χ4n) is 5.89. The summed E-state index contributed by atoms with van der Waals surface area (Å²) in [6.45, 7) is 4.52. The first-order valence-corrected chi connectivity index (χ1v) is 11.2. The third kappa shape index (κ3) is 3.65. The van der Waals surface area contributed by atoms with Crippen LogP contribution >= 0.6 is 0 Å². The largest absolute Gasteiger partial charge is 0.322 e. The number of nitrogens with one attached hydrogen (secondary N) is 3. The van der Waals surface area contributed by atoms with Crippen LogP contribution in [0.3, 0.4) is 0 Å². The van der Waals surface area contributed by atoms with Crippen molar-refractivity contribution in [1.29, 1.82) is 0 Å². The molecular formula is C23H30N4O3. The number of piperidine rings is 2. The Balaban J connectivity index is 1.21. The van der Waals surface area contributed by atoms with E-state index in [0.29, 0.717) is 23.9 Å². The summed E-state index contributed by atoms with van der Waals surface area (Å²) in [7, 11) is 0. The second-order valence-corrected chi connectivity index (χ2v) is 9.59. The van der Waals surface area contributed by atoms with Crippen LogP contribution in [0.1, 0.15) is 60.0 Å². The number of imide groups is 1. The summed E-state index contributed by atoms with van der Waals surface area (Å²) in [6, 6.07) is 5.43. The summed E-state index contributed by atoms with van der Waals surface area (Å²) in [6.07, 6.45) is 6.00. The highest BCUT2D eigenvalue weighted by atomic mass is 16.2. The van der Waals surface area contributed by atoms with Gasteiger partial charge in [0.2, 0.25) is 11.8 Å². The van der Waals surface area contributed by atoms with E-state index in [4.69, 9.17) is 0 Å². The van der Waals surface area contributed by atoms with Crippen LogP contribution in [-0.4, -0.2) is 48.3 Å². The Morgan fingerprint density at radius 1 is 1.20 bits per heavy atom. The van der Waals surface area contributed by atoms with E-state index < -0.39 is 6.04 Å². The highest BCUT2D eigenvalue weighted by Gasteiger charge is 2.40. The lowest BCUT2D eigenvalue weighted by molar-refractivity contribution is -0.136. The van der Waals surface area contributed by atoms with Gasteiger partial charge in [-0.15, -0.1) is 0 Å². The van der Waals surface area contributed by atoms with Gasteiger partial charge in [0.1, 0.15) is 6.04 Å². The molecule has 1 saturated carbocycles. The van der Waals surface area contributed by atoms with Crippen LogP contribution < -0.4 is 16.0 Å². The summed E-state index contributed by atoms with van der Waals surface area (Å²) >= 11 is 0. The maximum Gasteiger partial charge on any atom is 0.255 e. The normalized spacial score (nSPS) is 30.9. The number of benzene rings is 1. The van der Waals surface area contributed by atoms with E-state index >= 15 is 0 Å². The molecular weight excluding hydrogens is 380 g/mol. The van der Waals surface area contributed by atoms with Gasteiger partial charge in [0.05, 0.1) is 0 Å². The third-order valence-electron chi connectivity index (χ3n) is 7.39. The average Bonchev–Trinajstić information content (AvgIpc) is 3.04. The first-order valence-electron chi connectivity index (χ1n) is 11.2. The summed E-state index contributed by atoms with van der Waals surface area (Å²) in [4.78, 5) is 38.0. The van der Waals surface area contributed by atoms with Crippen LogP contribution in [0.15, 0.2) is 18.2 Å². The molecule has 3 heterocycles. The molecule has 7 nitrogen and oxygen atoms in total. The van der Waals surface area contributed by atoms with Gasteiger partial charge in [-0.1, -0.05) is 18.6 Å². The fraction of sp³-hybridized carbons (Fsp3) is 0.609. The number of rotatable bonds is 5. The van der Waals surface area contributed by atoms with Crippen LogP contribution in [0, 0.1) is 11.3 Å². The predicted octanol–water partition coefficient (Wildman–Crippen LogP) is 1.32. The molecule has 3 aliphatic heterocycles. The Labute approximate surface area is 177 Å². The molecule has 2 saturated heterocycles. The van der Waals surface area contributed by atoms with Crippen LogP contribution in [0.25, 0.3) is 0 Å². The molecule has 1 aromatic rings. The Kier molecular flexibility index (Phi) is 5.11. The topological polar surface area (TPSA) is 90.5 Å². The van der Waals surface area contributed by atoms with Crippen molar-refractivity contribution in [3.8, 4) is 0 Å². The van der Waals surface area contributed by atoms with E-state index in [1.54, 1.807) is 4.90 Å². The highest BCUT2D eigenvalue weighted by molar-refractivity contribution is 6.05. The van der Waals surface area contributed by atoms with Crippen molar-refractivity contribution in [2.75, 3.05) is 19.6 Å². The van der Waals surface area contributed by atoms with Gasteiger partial charge in [-0.3, -0.25) is 19.7 Å². The number of nitrogens with zero attached hydrogens (tertiary/aromatic N) is 1. The Hall–Kier alpha value is -2.25. The molecule has 3 fully saturated rings. The lowest BCUT2D eigenvalue weighted by Gasteiger charge is -2.45. The zero-order chi connectivity index (χ0) is 20.7. The standard InChI is InChI=1S/C23H30N4O3/c28-20-6-5-19(21(29)26-20)27-12-17-8-15(3-4-18(17)22(27)30)10-24-13-23-7-1-2-16(9-23)11-25-14-23/h3-4,8,16,19,24-25H,1-2,5-7,9-14H2,(H,26,28,29). The van der Waals surface area contributed by atoms with Crippen LogP contribution in [0.4, 0.5) is 0 Å². The fourth-order valence-corrected chi connectivity index (χ4v) is 5.89. The lowest BCUT2D eigenvalue weighted by atomic mass is 9.67. The SMILES string of the molecule is O=C1CCC(N2Cc3cc(CNCC45CCCC(CNC4)C5)ccc3C2=O)C(=O)N1. The monoisotopic (exact) mass is 410 g/mol. The van der Waals surface area contributed by atoms with Gasteiger partial charge in [-0.05, 0) is 60.8 Å². The van der Waals surface area contributed by atoms with Gasteiger partial charge in [0, 0.05) is 38.2 Å². The second-order valence-electron chi connectivity index (χ2n) is 9.59. The molecule has 160 valence electrons. The Morgan fingerprint density at radius 3 is 2.97 bits per heavy atom. The molecule has 4 aliphatic rings. The van der Waals surface area contributed by atoms with Gasteiger partial charge >= 0.3 is 0 Å². The molecule has 1 aliphatic carbocycles. The van der Waals surface area contributed by atoms with Crippen molar-refractivity contribution in [3.63, 3.8) is 0 Å². The molecule has 0 spiro atoms. The minimum absolute atomic E-state index is 0.112. The van der Waals surface area contributed by atoms with E-state index in [1.807, 2.05) is 12.1 Å². The van der Waals surface area contributed by atoms with E-state index in [1.165, 1.54) is 37.8 Å². The quantitative estimate of drug-likeness (QED) is 0.637. The molecule has 2 bridgehead atoms. The van der Waals surface area contributed by atoms with E-state index in [9.17, 15) is 14.4 Å². The van der Waals surface area contributed by atoms with Gasteiger partial charge in [-0.2, -0.15) is 0 Å². The van der Waals surface area contributed by atoms with Crippen molar-refractivity contribution >= 4 is 17.7 Å². The molecule has 3 amide bonds. The smallest absolute Gasteiger partial charge is 0.255 e. The van der Waals surface area contributed by atoms with Crippen molar-refractivity contribution < 1.29 is 14.4 Å². The minimum atomic E-state index is -0.554. The van der Waals surface area contributed by atoms with Gasteiger partial charge in [0.15, 0.2) is 0 Å². The molecule has 3 atom stereocenters. The van der Waals surface area contributed by atoms with Gasteiger partial charge < -0.3 is 15.5 Å². The van der Waals surface area contributed by atoms with Crippen molar-refractivity contribution in [2.24, 2.45) is 11.3 Å². The maximum absolute atomic E-state index is 12.8. The lowest BCUT2D eigenvalue weighted by Crippen LogP contribution is -2.52. The molecule has 0 aromatic heterocycles. The summed E-state index contributed by atoms with van der Waals surface area (Å²) < 4.78 is 0. The number of hydrogen-bond acceptors (Lipinski definition) is 5. The summed E-state index contributed by atoms with van der Waals surface area (Å²) in [5.74, 6) is 0.101. The predicted molar refractivity (Wildman–Crippen MR) is 111 cm³/mol. The van der Waals surface area contributed by atoms with Crippen LogP contribution in [0.2, 0.25) is 0 Å². The molecule has 30 heavy (non-hydrogen) atoms. The molecule has 1 aromatic carbocycles. The molecule has 0 radical (unpaired) electrons. The van der Waals surface area contributed by atoms with Crippen LogP contribution in [0.5, 0.6) is 0 Å². The van der Waals surface area contributed by atoms with E-state index in [-0.39, 0.29) is 24.1 Å². The number of amides is 3. The van der Waals surface area contributed by atoms with Crippen molar-refractivity contribution in [3.05, 3.63) is 34.9 Å². The van der Waals surface area contributed by atoms with Gasteiger partial charge in [0.25, 0.3) is 5.91 Å². The number of fused-ring (bicyclic) bond motifs is 3. The number of carbonyl (C=O) groups is 3. The molecule has 3 unspecified atom stereocenters. The maximum atomic E-state index is 12.8. The zero-order valence-electron chi connectivity index (χ0n) is 17.3.